The van der Waals surface area contributed by atoms with Crippen LogP contribution < -0.4 is 0 Å². The molecule has 0 saturated heterocycles. The van der Waals surface area contributed by atoms with E-state index in [0.29, 0.717) is 6.04 Å². The SMILES string of the molecule is C=C1C=C(C)C2=C[C@@H](N(C)/C(=C/C)C3=CCSC=C3)CC=C2N1CC. The molecule has 3 rings (SSSR count). The summed E-state index contributed by atoms with van der Waals surface area (Å²) < 4.78 is 0. The molecule has 2 nitrogen and oxygen atoms in total. The third-order valence-electron chi connectivity index (χ3n) is 5.14. The summed E-state index contributed by atoms with van der Waals surface area (Å²) in [6.45, 7) is 11.7. The van der Waals surface area contributed by atoms with Gasteiger partial charge in [0.15, 0.2) is 0 Å². The normalized spacial score (nSPS) is 23.5. The van der Waals surface area contributed by atoms with Crippen molar-refractivity contribution in [1.82, 2.24) is 9.80 Å². The molecule has 0 aromatic carbocycles. The van der Waals surface area contributed by atoms with Gasteiger partial charge in [0, 0.05) is 36.4 Å². The van der Waals surface area contributed by atoms with Crippen molar-refractivity contribution >= 4 is 11.8 Å². The van der Waals surface area contributed by atoms with E-state index in [9.17, 15) is 0 Å². The molecular weight excluding hydrogens is 324 g/mol. The average molecular weight is 353 g/mol. The first-order chi connectivity index (χ1) is 12.1. The monoisotopic (exact) mass is 352 g/mol. The van der Waals surface area contributed by atoms with Crippen LogP contribution in [-0.4, -0.2) is 35.2 Å². The lowest BCUT2D eigenvalue weighted by molar-refractivity contribution is 0.350. The van der Waals surface area contributed by atoms with Crippen LogP contribution in [0.4, 0.5) is 0 Å². The van der Waals surface area contributed by atoms with Crippen LogP contribution >= 0.6 is 11.8 Å². The molecule has 1 aliphatic carbocycles. The highest BCUT2D eigenvalue weighted by molar-refractivity contribution is 8.02. The molecule has 0 amide bonds. The van der Waals surface area contributed by atoms with Crippen LogP contribution in [0.3, 0.4) is 0 Å². The highest BCUT2D eigenvalue weighted by Crippen LogP contribution is 2.37. The lowest BCUT2D eigenvalue weighted by Gasteiger charge is -2.39. The third kappa shape index (κ3) is 3.43. The number of likely N-dealkylation sites (N-methyl/N-ethyl adjacent to an activating group) is 2. The quantitative estimate of drug-likeness (QED) is 0.670. The van der Waals surface area contributed by atoms with Crippen molar-refractivity contribution in [3.05, 3.63) is 82.3 Å². The second-order valence-corrected chi connectivity index (χ2v) is 7.55. The van der Waals surface area contributed by atoms with Crippen molar-refractivity contribution < 1.29 is 0 Å². The molecule has 0 spiro atoms. The zero-order valence-electron chi connectivity index (χ0n) is 15.7. The first-order valence-corrected chi connectivity index (χ1v) is 10.1. The Kier molecular flexibility index (Phi) is 5.43. The Morgan fingerprint density at radius 1 is 1.44 bits per heavy atom. The lowest BCUT2D eigenvalue weighted by Crippen LogP contribution is -2.35. The summed E-state index contributed by atoms with van der Waals surface area (Å²) >= 11 is 1.85. The molecule has 2 aliphatic heterocycles. The standard InChI is InChI=1S/C22H28N2S/c1-6-21(18-10-12-25-13-11-18)23(5)19-8-9-22-20(15-19)16(3)14-17(4)24(22)7-2/h6,9-12,14-15,19H,4,7-8,13H2,1-3,5H3/b21-6+/t19-/m0/s1. The Morgan fingerprint density at radius 2 is 2.24 bits per heavy atom. The molecule has 0 saturated carbocycles. The van der Waals surface area contributed by atoms with Crippen molar-refractivity contribution in [2.75, 3.05) is 19.3 Å². The van der Waals surface area contributed by atoms with Crippen molar-refractivity contribution in [2.45, 2.75) is 33.2 Å². The number of allylic oxidation sites excluding steroid dienone is 4. The zero-order chi connectivity index (χ0) is 18.0. The van der Waals surface area contributed by atoms with Gasteiger partial charge in [-0.25, -0.2) is 0 Å². The van der Waals surface area contributed by atoms with E-state index in [1.807, 2.05) is 11.8 Å². The van der Waals surface area contributed by atoms with Crippen LogP contribution in [0, 0.1) is 0 Å². The fourth-order valence-corrected chi connectivity index (χ4v) is 4.44. The predicted octanol–water partition coefficient (Wildman–Crippen LogP) is 5.39. The summed E-state index contributed by atoms with van der Waals surface area (Å²) in [6.07, 6.45) is 14.8. The molecule has 1 atom stereocenters. The van der Waals surface area contributed by atoms with Crippen molar-refractivity contribution in [3.63, 3.8) is 0 Å². The Bertz CT molecular complexity index is 746. The second-order valence-electron chi connectivity index (χ2n) is 6.62. The summed E-state index contributed by atoms with van der Waals surface area (Å²) in [6, 6.07) is 0.377. The van der Waals surface area contributed by atoms with Gasteiger partial charge in [0.2, 0.25) is 0 Å². The fourth-order valence-electron chi connectivity index (χ4n) is 3.81. The molecule has 0 aromatic heterocycles. The van der Waals surface area contributed by atoms with Crippen molar-refractivity contribution in [2.24, 2.45) is 0 Å². The zero-order valence-corrected chi connectivity index (χ0v) is 16.6. The molecule has 132 valence electrons. The maximum Gasteiger partial charge on any atom is 0.0514 e. The minimum atomic E-state index is 0.377. The van der Waals surface area contributed by atoms with Gasteiger partial charge < -0.3 is 9.80 Å². The van der Waals surface area contributed by atoms with E-state index in [1.165, 1.54) is 28.1 Å². The summed E-state index contributed by atoms with van der Waals surface area (Å²) in [5.41, 5.74) is 7.73. The van der Waals surface area contributed by atoms with Gasteiger partial charge in [0.1, 0.15) is 0 Å². The van der Waals surface area contributed by atoms with E-state index in [-0.39, 0.29) is 0 Å². The predicted molar refractivity (Wildman–Crippen MR) is 111 cm³/mol. The first kappa shape index (κ1) is 17.9. The van der Waals surface area contributed by atoms with E-state index < -0.39 is 0 Å². The smallest absolute Gasteiger partial charge is 0.0514 e. The van der Waals surface area contributed by atoms with E-state index in [4.69, 9.17) is 0 Å². The number of nitrogens with zero attached hydrogens (tertiary/aromatic N) is 2. The van der Waals surface area contributed by atoms with Gasteiger partial charge in [-0.2, -0.15) is 0 Å². The van der Waals surface area contributed by atoms with E-state index in [0.717, 1.165) is 24.4 Å². The minimum absolute atomic E-state index is 0.377. The molecule has 0 radical (unpaired) electrons. The Morgan fingerprint density at radius 3 is 2.88 bits per heavy atom. The van der Waals surface area contributed by atoms with Crippen LogP contribution in [0.25, 0.3) is 0 Å². The van der Waals surface area contributed by atoms with Crippen molar-refractivity contribution in [3.8, 4) is 0 Å². The maximum atomic E-state index is 4.21. The highest BCUT2D eigenvalue weighted by atomic mass is 32.2. The Balaban J connectivity index is 1.88. The average Bonchev–Trinajstić information content (AvgIpc) is 2.63. The number of rotatable bonds is 4. The van der Waals surface area contributed by atoms with Crippen LogP contribution in [0.2, 0.25) is 0 Å². The number of hydrogen-bond acceptors (Lipinski definition) is 3. The fraction of sp³-hybridized carbons (Fsp3) is 0.364. The van der Waals surface area contributed by atoms with Gasteiger partial charge in [-0.1, -0.05) is 30.9 Å². The van der Waals surface area contributed by atoms with Gasteiger partial charge in [0.25, 0.3) is 0 Å². The van der Waals surface area contributed by atoms with E-state index in [2.05, 4.69) is 86.1 Å². The Labute approximate surface area is 156 Å². The molecule has 0 fully saturated rings. The van der Waals surface area contributed by atoms with Crippen LogP contribution in [0.5, 0.6) is 0 Å². The van der Waals surface area contributed by atoms with Gasteiger partial charge in [-0.3, -0.25) is 0 Å². The van der Waals surface area contributed by atoms with Gasteiger partial charge in [-0.15, -0.1) is 11.8 Å². The minimum Gasteiger partial charge on any atom is -0.368 e. The van der Waals surface area contributed by atoms with Crippen LogP contribution in [-0.2, 0) is 0 Å². The van der Waals surface area contributed by atoms with Crippen LogP contribution in [0.1, 0.15) is 27.2 Å². The van der Waals surface area contributed by atoms with Crippen molar-refractivity contribution in [1.29, 1.82) is 0 Å². The second kappa shape index (κ2) is 7.57. The third-order valence-corrected chi connectivity index (χ3v) is 5.83. The van der Waals surface area contributed by atoms with E-state index in [1.54, 1.807) is 0 Å². The summed E-state index contributed by atoms with van der Waals surface area (Å²) in [5, 5.41) is 2.20. The van der Waals surface area contributed by atoms with Gasteiger partial charge in [0.05, 0.1) is 6.04 Å². The van der Waals surface area contributed by atoms with Gasteiger partial charge in [-0.05, 0) is 61.5 Å². The molecule has 2 heterocycles. The Hall–Kier alpha value is -1.87. The van der Waals surface area contributed by atoms with Gasteiger partial charge >= 0.3 is 0 Å². The molecule has 0 unspecified atom stereocenters. The molecule has 25 heavy (non-hydrogen) atoms. The maximum absolute atomic E-state index is 4.21. The lowest BCUT2D eigenvalue weighted by atomic mass is 9.89. The van der Waals surface area contributed by atoms with E-state index >= 15 is 0 Å². The molecule has 3 heteroatoms. The first-order valence-electron chi connectivity index (χ1n) is 9.02. The largest absolute Gasteiger partial charge is 0.368 e. The number of hydrogen-bond donors (Lipinski definition) is 0. The number of fused-ring (bicyclic) bond motifs is 1. The highest BCUT2D eigenvalue weighted by Gasteiger charge is 2.27. The van der Waals surface area contributed by atoms with Crippen LogP contribution in [0.15, 0.2) is 82.3 Å². The molecule has 0 N–H and O–H groups in total. The molecule has 0 aromatic rings. The topological polar surface area (TPSA) is 6.48 Å². The molecular formula is C22H28N2S. The summed E-state index contributed by atoms with van der Waals surface area (Å²) in [7, 11) is 2.21. The molecule has 3 aliphatic rings. The summed E-state index contributed by atoms with van der Waals surface area (Å²) in [5.74, 6) is 1.06. The summed E-state index contributed by atoms with van der Waals surface area (Å²) in [4.78, 5) is 4.73. The molecule has 0 bridgehead atoms. The number of thioether (sulfide) groups is 1.